The van der Waals surface area contributed by atoms with Crippen LogP contribution < -0.4 is 16.2 Å². The van der Waals surface area contributed by atoms with Crippen LogP contribution in [-0.2, 0) is 0 Å². The summed E-state index contributed by atoms with van der Waals surface area (Å²) < 4.78 is 0. The lowest BCUT2D eigenvalue weighted by Gasteiger charge is -2.11. The van der Waals surface area contributed by atoms with E-state index in [0.29, 0.717) is 0 Å². The fourth-order valence-electron chi connectivity index (χ4n) is 1.99. The van der Waals surface area contributed by atoms with Crippen molar-refractivity contribution in [1.82, 2.24) is 0 Å². The summed E-state index contributed by atoms with van der Waals surface area (Å²) >= 11 is 0. The molecule has 0 saturated carbocycles. The first-order valence-corrected chi connectivity index (χ1v) is 6.89. The smallest absolute Gasteiger partial charge is 0.0541 e. The van der Waals surface area contributed by atoms with E-state index in [9.17, 15) is 0 Å². The van der Waals surface area contributed by atoms with Crippen molar-refractivity contribution >= 4 is 22.7 Å². The molecule has 3 heteroatoms. The zero-order valence-electron chi connectivity index (χ0n) is 11.6. The third-order valence-electron chi connectivity index (χ3n) is 3.07. The Balaban J connectivity index is 1.59. The fraction of sp³-hybridized carbons (Fsp3) is 0. The van der Waals surface area contributed by atoms with Crippen LogP contribution >= 0.6 is 0 Å². The Labute approximate surface area is 124 Å². The van der Waals surface area contributed by atoms with Gasteiger partial charge in [0.15, 0.2) is 0 Å². The minimum absolute atomic E-state index is 1.01. The molecule has 3 N–H and O–H groups in total. The SMILES string of the molecule is c1ccc(NNc2ccc(Nc3ccccc3)cc2)cc1. The van der Waals surface area contributed by atoms with E-state index >= 15 is 0 Å². The first-order valence-electron chi connectivity index (χ1n) is 6.89. The number of rotatable bonds is 5. The van der Waals surface area contributed by atoms with E-state index in [2.05, 4.69) is 16.2 Å². The highest BCUT2D eigenvalue weighted by molar-refractivity contribution is 5.63. The molecule has 0 atom stereocenters. The summed E-state index contributed by atoms with van der Waals surface area (Å²) in [4.78, 5) is 0. The zero-order valence-corrected chi connectivity index (χ0v) is 11.6. The summed E-state index contributed by atoms with van der Waals surface area (Å²) in [7, 11) is 0. The molecule has 0 heterocycles. The van der Waals surface area contributed by atoms with E-state index < -0.39 is 0 Å². The van der Waals surface area contributed by atoms with E-state index in [1.165, 1.54) is 0 Å². The first kappa shape index (κ1) is 13.1. The first-order chi connectivity index (χ1) is 10.4. The third kappa shape index (κ3) is 3.76. The molecule has 3 nitrogen and oxygen atoms in total. The van der Waals surface area contributed by atoms with Gasteiger partial charge in [-0.1, -0.05) is 36.4 Å². The summed E-state index contributed by atoms with van der Waals surface area (Å²) in [6.07, 6.45) is 0. The number of hydrazine groups is 1. The standard InChI is InChI=1S/C18H17N3/c1-3-7-15(8-4-1)19-16-11-13-18(14-12-16)21-20-17-9-5-2-6-10-17/h1-14,19-21H. The number of nitrogens with one attached hydrogen (secondary N) is 3. The van der Waals surface area contributed by atoms with Crippen LogP contribution in [-0.4, -0.2) is 0 Å². The Hall–Kier alpha value is -2.94. The highest BCUT2D eigenvalue weighted by Crippen LogP contribution is 2.18. The van der Waals surface area contributed by atoms with E-state index in [1.807, 2.05) is 84.9 Å². The van der Waals surface area contributed by atoms with Gasteiger partial charge in [-0.3, -0.25) is 0 Å². The molecular weight excluding hydrogens is 258 g/mol. The summed E-state index contributed by atoms with van der Waals surface area (Å²) in [5.41, 5.74) is 10.5. The minimum atomic E-state index is 1.01. The second-order valence-corrected chi connectivity index (χ2v) is 4.68. The van der Waals surface area contributed by atoms with Crippen LogP contribution in [0.2, 0.25) is 0 Å². The average Bonchev–Trinajstić information content (AvgIpc) is 2.56. The normalized spacial score (nSPS) is 9.90. The number of hydrogen-bond acceptors (Lipinski definition) is 3. The van der Waals surface area contributed by atoms with Crippen molar-refractivity contribution in [3.63, 3.8) is 0 Å². The van der Waals surface area contributed by atoms with Crippen LogP contribution in [0.15, 0.2) is 84.9 Å². The maximum absolute atomic E-state index is 3.36. The van der Waals surface area contributed by atoms with Crippen molar-refractivity contribution in [2.45, 2.75) is 0 Å². The molecule has 3 aromatic carbocycles. The van der Waals surface area contributed by atoms with Crippen LogP contribution in [0.5, 0.6) is 0 Å². The number of benzene rings is 3. The minimum Gasteiger partial charge on any atom is -0.356 e. The molecule has 0 aliphatic rings. The van der Waals surface area contributed by atoms with E-state index in [4.69, 9.17) is 0 Å². The van der Waals surface area contributed by atoms with Crippen LogP contribution in [0.3, 0.4) is 0 Å². The summed E-state index contributed by atoms with van der Waals surface area (Å²) in [6, 6.07) is 28.3. The summed E-state index contributed by atoms with van der Waals surface area (Å²) in [5.74, 6) is 0. The van der Waals surface area contributed by atoms with Gasteiger partial charge >= 0.3 is 0 Å². The van der Waals surface area contributed by atoms with Gasteiger partial charge in [0.1, 0.15) is 0 Å². The molecule has 0 amide bonds. The second kappa shape index (κ2) is 6.48. The van der Waals surface area contributed by atoms with E-state index in [0.717, 1.165) is 22.7 Å². The van der Waals surface area contributed by atoms with Crippen molar-refractivity contribution in [3.05, 3.63) is 84.9 Å². The fourth-order valence-corrected chi connectivity index (χ4v) is 1.99. The lowest BCUT2D eigenvalue weighted by Crippen LogP contribution is -2.08. The molecule has 0 radical (unpaired) electrons. The molecule has 0 saturated heterocycles. The van der Waals surface area contributed by atoms with Crippen LogP contribution in [0.25, 0.3) is 0 Å². The Morgan fingerprint density at radius 3 is 1.33 bits per heavy atom. The molecule has 0 aliphatic carbocycles. The van der Waals surface area contributed by atoms with Crippen LogP contribution in [0.1, 0.15) is 0 Å². The Morgan fingerprint density at radius 1 is 0.381 bits per heavy atom. The number of anilines is 4. The van der Waals surface area contributed by atoms with Crippen molar-refractivity contribution in [2.24, 2.45) is 0 Å². The van der Waals surface area contributed by atoms with Gasteiger partial charge in [0.2, 0.25) is 0 Å². The maximum Gasteiger partial charge on any atom is 0.0541 e. The zero-order chi connectivity index (χ0) is 14.3. The van der Waals surface area contributed by atoms with Gasteiger partial charge in [0.05, 0.1) is 11.4 Å². The molecule has 0 aliphatic heterocycles. The van der Waals surface area contributed by atoms with Crippen molar-refractivity contribution in [1.29, 1.82) is 0 Å². The van der Waals surface area contributed by atoms with E-state index in [1.54, 1.807) is 0 Å². The van der Waals surface area contributed by atoms with Gasteiger partial charge in [-0.05, 0) is 48.5 Å². The molecule has 0 unspecified atom stereocenters. The lowest BCUT2D eigenvalue weighted by molar-refractivity contribution is 1.41. The van der Waals surface area contributed by atoms with E-state index in [-0.39, 0.29) is 0 Å². The van der Waals surface area contributed by atoms with Gasteiger partial charge < -0.3 is 16.2 Å². The Kier molecular flexibility index (Phi) is 4.03. The largest absolute Gasteiger partial charge is 0.356 e. The molecule has 21 heavy (non-hydrogen) atoms. The third-order valence-corrected chi connectivity index (χ3v) is 3.07. The van der Waals surface area contributed by atoms with Gasteiger partial charge in [-0.25, -0.2) is 0 Å². The predicted molar refractivity (Wildman–Crippen MR) is 89.9 cm³/mol. The predicted octanol–water partition coefficient (Wildman–Crippen LogP) is 4.87. The molecule has 104 valence electrons. The highest BCUT2D eigenvalue weighted by Gasteiger charge is 1.95. The van der Waals surface area contributed by atoms with Gasteiger partial charge in [0, 0.05) is 11.4 Å². The van der Waals surface area contributed by atoms with Crippen molar-refractivity contribution < 1.29 is 0 Å². The maximum atomic E-state index is 3.36. The monoisotopic (exact) mass is 275 g/mol. The average molecular weight is 275 g/mol. The quantitative estimate of drug-likeness (QED) is 0.581. The molecule has 0 bridgehead atoms. The molecule has 3 aromatic rings. The Morgan fingerprint density at radius 2 is 0.762 bits per heavy atom. The Bertz CT molecular complexity index is 664. The molecule has 0 spiro atoms. The van der Waals surface area contributed by atoms with Crippen LogP contribution in [0.4, 0.5) is 22.7 Å². The highest BCUT2D eigenvalue weighted by atomic mass is 15.4. The van der Waals surface area contributed by atoms with Crippen molar-refractivity contribution in [2.75, 3.05) is 16.2 Å². The summed E-state index contributed by atoms with van der Waals surface area (Å²) in [5, 5.41) is 3.36. The van der Waals surface area contributed by atoms with Crippen LogP contribution in [0, 0.1) is 0 Å². The molecule has 0 fully saturated rings. The summed E-state index contributed by atoms with van der Waals surface area (Å²) in [6.45, 7) is 0. The lowest BCUT2D eigenvalue weighted by atomic mass is 10.2. The molecule has 0 aromatic heterocycles. The van der Waals surface area contributed by atoms with Crippen molar-refractivity contribution in [3.8, 4) is 0 Å². The topological polar surface area (TPSA) is 36.1 Å². The molecule has 3 rings (SSSR count). The second-order valence-electron chi connectivity index (χ2n) is 4.68. The van der Waals surface area contributed by atoms with Gasteiger partial charge in [0.25, 0.3) is 0 Å². The van der Waals surface area contributed by atoms with Gasteiger partial charge in [-0.15, -0.1) is 0 Å². The number of para-hydroxylation sites is 2. The molecular formula is C18H17N3. The number of hydrogen-bond donors (Lipinski definition) is 3. The van der Waals surface area contributed by atoms with Gasteiger partial charge in [-0.2, -0.15) is 0 Å².